The fraction of sp³-hybridized carbons (Fsp3) is 0.474. The van der Waals surface area contributed by atoms with Crippen molar-refractivity contribution in [3.05, 3.63) is 52.6 Å². The van der Waals surface area contributed by atoms with Crippen LogP contribution in [-0.2, 0) is 12.8 Å². The van der Waals surface area contributed by atoms with Crippen molar-refractivity contribution in [1.82, 2.24) is 4.90 Å². The van der Waals surface area contributed by atoms with Crippen LogP contribution in [0.3, 0.4) is 0 Å². The smallest absolute Gasteiger partial charge is 0.114 e. The fourth-order valence-electron chi connectivity index (χ4n) is 4.70. The molecule has 0 saturated heterocycles. The predicted molar refractivity (Wildman–Crippen MR) is 84.0 cm³/mol. The standard InChI is InChI=1S/C19H21NO/c1-12-10-16-18-13(8-9-20(16)11-12)6-7-15-14-4-2-3-5-17(14)21-19(15)18/h2,4,8-10,13,16,18H,3,5-7,11H2,1H3. The summed E-state index contributed by atoms with van der Waals surface area (Å²) in [6.07, 6.45) is 16.5. The summed E-state index contributed by atoms with van der Waals surface area (Å²) in [6.45, 7) is 3.33. The molecule has 0 saturated carbocycles. The molecule has 0 bridgehead atoms. The molecule has 2 heteroatoms. The highest BCUT2D eigenvalue weighted by molar-refractivity contribution is 5.61. The number of hydrogen-bond acceptors (Lipinski definition) is 2. The average Bonchev–Trinajstić information content (AvgIpc) is 3.05. The molecule has 0 N–H and O–H groups in total. The lowest BCUT2D eigenvalue weighted by atomic mass is 9.72. The maximum absolute atomic E-state index is 6.40. The van der Waals surface area contributed by atoms with Crippen LogP contribution in [0.1, 0.15) is 48.3 Å². The summed E-state index contributed by atoms with van der Waals surface area (Å²) in [5.41, 5.74) is 4.42. The number of nitrogens with zero attached hydrogens (tertiary/aromatic N) is 1. The zero-order chi connectivity index (χ0) is 14.0. The van der Waals surface area contributed by atoms with E-state index in [-0.39, 0.29) is 0 Å². The van der Waals surface area contributed by atoms with E-state index < -0.39 is 0 Å². The van der Waals surface area contributed by atoms with Gasteiger partial charge in [0.05, 0.1) is 6.04 Å². The van der Waals surface area contributed by atoms with Crippen molar-refractivity contribution in [2.75, 3.05) is 6.54 Å². The highest BCUT2D eigenvalue weighted by atomic mass is 16.3. The van der Waals surface area contributed by atoms with Gasteiger partial charge in [-0.1, -0.05) is 29.9 Å². The molecule has 2 aliphatic heterocycles. The summed E-state index contributed by atoms with van der Waals surface area (Å²) in [4.78, 5) is 2.49. The third-order valence-corrected chi connectivity index (χ3v) is 5.63. The minimum absolute atomic E-state index is 0.510. The van der Waals surface area contributed by atoms with Crippen molar-refractivity contribution in [3.8, 4) is 0 Å². The third-order valence-electron chi connectivity index (χ3n) is 5.63. The van der Waals surface area contributed by atoms with E-state index in [2.05, 4.69) is 42.3 Å². The number of aryl methyl sites for hydroxylation is 1. The number of allylic oxidation sites excluding steroid dienone is 2. The molecule has 21 heavy (non-hydrogen) atoms. The summed E-state index contributed by atoms with van der Waals surface area (Å²) < 4.78 is 6.40. The number of rotatable bonds is 0. The molecule has 4 aliphatic rings. The Morgan fingerprint density at radius 1 is 1.29 bits per heavy atom. The maximum Gasteiger partial charge on any atom is 0.114 e. The molecule has 1 aromatic heterocycles. The molecule has 3 atom stereocenters. The van der Waals surface area contributed by atoms with Gasteiger partial charge in [-0.25, -0.2) is 0 Å². The number of furan rings is 1. The van der Waals surface area contributed by atoms with Gasteiger partial charge in [0.15, 0.2) is 0 Å². The zero-order valence-electron chi connectivity index (χ0n) is 12.5. The van der Waals surface area contributed by atoms with Gasteiger partial charge in [0.1, 0.15) is 11.5 Å². The molecule has 0 radical (unpaired) electrons. The Bertz CT molecular complexity index is 691. The summed E-state index contributed by atoms with van der Waals surface area (Å²) >= 11 is 0. The van der Waals surface area contributed by atoms with Gasteiger partial charge in [0, 0.05) is 30.0 Å². The molecule has 3 unspecified atom stereocenters. The van der Waals surface area contributed by atoms with Crippen LogP contribution in [0, 0.1) is 5.92 Å². The summed E-state index contributed by atoms with van der Waals surface area (Å²) in [5.74, 6) is 3.71. The Kier molecular flexibility index (Phi) is 2.36. The topological polar surface area (TPSA) is 16.4 Å². The van der Waals surface area contributed by atoms with Crippen LogP contribution < -0.4 is 0 Å². The van der Waals surface area contributed by atoms with E-state index in [1.807, 2.05) is 0 Å². The summed E-state index contributed by atoms with van der Waals surface area (Å²) in [6, 6.07) is 0.510. The first-order valence-corrected chi connectivity index (χ1v) is 8.23. The number of hydrogen-bond donors (Lipinski definition) is 0. The highest BCUT2D eigenvalue weighted by Crippen LogP contribution is 2.48. The third kappa shape index (κ3) is 1.59. The normalized spacial score (nSPS) is 32.3. The van der Waals surface area contributed by atoms with Crippen molar-refractivity contribution >= 4 is 6.08 Å². The van der Waals surface area contributed by atoms with Gasteiger partial charge in [-0.3, -0.25) is 0 Å². The van der Waals surface area contributed by atoms with Crippen LogP contribution in [0.4, 0.5) is 0 Å². The van der Waals surface area contributed by atoms with Crippen LogP contribution >= 0.6 is 0 Å². The van der Waals surface area contributed by atoms with Gasteiger partial charge in [-0.2, -0.15) is 0 Å². The van der Waals surface area contributed by atoms with E-state index in [0.717, 1.165) is 19.4 Å². The van der Waals surface area contributed by atoms with Gasteiger partial charge in [0.2, 0.25) is 0 Å². The van der Waals surface area contributed by atoms with E-state index in [9.17, 15) is 0 Å². The molecule has 0 spiro atoms. The van der Waals surface area contributed by atoms with Crippen molar-refractivity contribution in [2.24, 2.45) is 5.92 Å². The molecule has 2 nitrogen and oxygen atoms in total. The number of fused-ring (bicyclic) bond motifs is 7. The fourth-order valence-corrected chi connectivity index (χ4v) is 4.70. The van der Waals surface area contributed by atoms with Gasteiger partial charge in [-0.15, -0.1) is 0 Å². The lowest BCUT2D eigenvalue weighted by Gasteiger charge is -2.40. The second-order valence-corrected chi connectivity index (χ2v) is 6.97. The van der Waals surface area contributed by atoms with Crippen LogP contribution in [0.5, 0.6) is 0 Å². The minimum atomic E-state index is 0.510. The summed E-state index contributed by atoms with van der Waals surface area (Å²) in [7, 11) is 0. The Morgan fingerprint density at radius 3 is 3.19 bits per heavy atom. The quantitative estimate of drug-likeness (QED) is 0.666. The first kappa shape index (κ1) is 11.9. The molecule has 3 heterocycles. The van der Waals surface area contributed by atoms with Gasteiger partial charge >= 0.3 is 0 Å². The second kappa shape index (κ2) is 4.16. The van der Waals surface area contributed by atoms with Crippen molar-refractivity contribution in [2.45, 2.75) is 44.6 Å². The molecular weight excluding hydrogens is 258 g/mol. The van der Waals surface area contributed by atoms with Crippen molar-refractivity contribution < 1.29 is 4.42 Å². The lowest BCUT2D eigenvalue weighted by molar-refractivity contribution is 0.220. The first-order valence-electron chi connectivity index (χ1n) is 8.23. The molecule has 0 amide bonds. The van der Waals surface area contributed by atoms with Crippen LogP contribution in [-0.4, -0.2) is 17.5 Å². The Balaban J connectivity index is 1.66. The maximum atomic E-state index is 6.40. The molecule has 0 aromatic carbocycles. The Hall–Kier alpha value is -1.70. The minimum Gasteiger partial charge on any atom is -0.465 e. The molecule has 5 rings (SSSR count). The Morgan fingerprint density at radius 2 is 2.24 bits per heavy atom. The van der Waals surface area contributed by atoms with Gasteiger partial charge < -0.3 is 9.32 Å². The van der Waals surface area contributed by atoms with Crippen LogP contribution in [0.2, 0.25) is 0 Å². The molecular formula is C19H21NO. The molecule has 1 aromatic rings. The SMILES string of the molecule is CC1=CC2C3c4oc5c(c4CCC3C=CN2C1)C=CCC5. The average molecular weight is 279 g/mol. The Labute approximate surface area is 125 Å². The van der Waals surface area contributed by atoms with Gasteiger partial charge in [-0.05, 0) is 38.3 Å². The summed E-state index contributed by atoms with van der Waals surface area (Å²) in [5, 5.41) is 0. The van der Waals surface area contributed by atoms with Crippen LogP contribution in [0.15, 0.2) is 34.4 Å². The van der Waals surface area contributed by atoms with Crippen LogP contribution in [0.25, 0.3) is 6.08 Å². The second-order valence-electron chi connectivity index (χ2n) is 6.97. The highest BCUT2D eigenvalue weighted by Gasteiger charge is 2.43. The molecule has 108 valence electrons. The van der Waals surface area contributed by atoms with E-state index in [0.29, 0.717) is 17.9 Å². The van der Waals surface area contributed by atoms with E-state index in [4.69, 9.17) is 4.42 Å². The zero-order valence-corrected chi connectivity index (χ0v) is 12.5. The largest absolute Gasteiger partial charge is 0.465 e. The monoisotopic (exact) mass is 279 g/mol. The lowest BCUT2D eigenvalue weighted by Crippen LogP contribution is -2.39. The van der Waals surface area contributed by atoms with Gasteiger partial charge in [0.25, 0.3) is 0 Å². The van der Waals surface area contributed by atoms with Crippen molar-refractivity contribution in [1.29, 1.82) is 0 Å². The molecule has 2 aliphatic carbocycles. The van der Waals surface area contributed by atoms with E-state index in [1.54, 1.807) is 0 Å². The molecule has 0 fully saturated rings. The van der Waals surface area contributed by atoms with E-state index in [1.165, 1.54) is 41.1 Å². The van der Waals surface area contributed by atoms with Crippen molar-refractivity contribution in [3.63, 3.8) is 0 Å². The van der Waals surface area contributed by atoms with E-state index >= 15 is 0 Å². The predicted octanol–water partition coefficient (Wildman–Crippen LogP) is 4.04. The first-order chi connectivity index (χ1) is 10.3.